The predicted octanol–water partition coefficient (Wildman–Crippen LogP) is 4.54. The molecule has 2 aliphatic heterocycles. The van der Waals surface area contributed by atoms with Gasteiger partial charge in [-0.25, -0.2) is 0 Å². The van der Waals surface area contributed by atoms with E-state index in [1.54, 1.807) is 6.92 Å². The molecule has 1 amide bonds. The molecule has 3 aromatic rings. The Morgan fingerprint density at radius 2 is 1.66 bits per heavy atom. The zero-order chi connectivity index (χ0) is 31.1. The Labute approximate surface area is 259 Å². The summed E-state index contributed by atoms with van der Waals surface area (Å²) in [6.45, 7) is 9.33. The molecule has 0 radical (unpaired) electrons. The molecule has 0 unspecified atom stereocenters. The number of hydrogen-bond donors (Lipinski definition) is 2. The van der Waals surface area contributed by atoms with Gasteiger partial charge in [0.2, 0.25) is 0 Å². The summed E-state index contributed by atoms with van der Waals surface area (Å²) in [5.74, 6) is -0.732. The molecular formula is C35H42N2O7. The molecule has 2 fully saturated rings. The molecule has 234 valence electrons. The number of nitrogens with one attached hydrogen (secondary N) is 1. The lowest BCUT2D eigenvalue weighted by Gasteiger charge is -2.43. The largest absolute Gasteiger partial charge is 0.453 e. The molecule has 2 saturated heterocycles. The summed E-state index contributed by atoms with van der Waals surface area (Å²) < 4.78 is 23.8. The minimum absolute atomic E-state index is 0.00198. The van der Waals surface area contributed by atoms with E-state index in [1.807, 2.05) is 72.8 Å². The zero-order valence-corrected chi connectivity index (χ0v) is 25.6. The lowest BCUT2D eigenvalue weighted by Crippen LogP contribution is -2.47. The average molecular weight is 603 g/mol. The Morgan fingerprint density at radius 3 is 2.34 bits per heavy atom. The van der Waals surface area contributed by atoms with E-state index >= 15 is 0 Å². The van der Waals surface area contributed by atoms with Crippen molar-refractivity contribution in [2.75, 3.05) is 32.8 Å². The SMILES string of the molecule is CC(=O)O[C@@H](C)C(=O)NCc1ccccc1-c1ccc([C@@H]2O[C@H](CN3CCOCC3)[C@H](C)[C@H](c3ccc(CO)cc3)O2)cc1. The van der Waals surface area contributed by atoms with Crippen LogP contribution in [0.2, 0.25) is 0 Å². The standard InChI is InChI=1S/C35H42N2O7/c1-23-32(21-37-16-18-41-19-17-37)43-35(44-33(23)28-10-8-26(22-38)9-11-28)29-14-12-27(13-15-29)31-7-5-4-6-30(31)20-36-34(40)24(2)42-25(3)39/h4-15,23-24,32-33,35,38H,16-22H2,1-3H3,(H,36,40)/t23-,24-,32+,33+,35+/m0/s1. The number of esters is 1. The lowest BCUT2D eigenvalue weighted by molar-refractivity contribution is -0.277. The summed E-state index contributed by atoms with van der Waals surface area (Å²) in [6, 6.07) is 24.0. The van der Waals surface area contributed by atoms with Gasteiger partial charge in [0.1, 0.15) is 0 Å². The van der Waals surface area contributed by atoms with Crippen molar-refractivity contribution in [3.63, 3.8) is 0 Å². The van der Waals surface area contributed by atoms with Crippen molar-refractivity contribution in [1.82, 2.24) is 10.2 Å². The highest BCUT2D eigenvalue weighted by atomic mass is 16.7. The number of benzene rings is 3. The van der Waals surface area contributed by atoms with Crippen LogP contribution in [0.4, 0.5) is 0 Å². The number of ether oxygens (including phenoxy) is 4. The van der Waals surface area contributed by atoms with Crippen LogP contribution < -0.4 is 5.32 Å². The maximum Gasteiger partial charge on any atom is 0.303 e. The van der Waals surface area contributed by atoms with Crippen LogP contribution >= 0.6 is 0 Å². The molecule has 2 aliphatic rings. The van der Waals surface area contributed by atoms with E-state index < -0.39 is 18.4 Å². The molecule has 9 nitrogen and oxygen atoms in total. The third-order valence-electron chi connectivity index (χ3n) is 8.34. The molecule has 0 bridgehead atoms. The highest BCUT2D eigenvalue weighted by molar-refractivity contribution is 5.83. The van der Waals surface area contributed by atoms with Crippen LogP contribution in [-0.2, 0) is 41.7 Å². The Balaban J connectivity index is 1.34. The minimum Gasteiger partial charge on any atom is -0.453 e. The second-order valence-corrected chi connectivity index (χ2v) is 11.5. The van der Waals surface area contributed by atoms with Gasteiger partial charge in [0, 0.05) is 44.6 Å². The first kappa shape index (κ1) is 31.8. The molecule has 5 atom stereocenters. The molecule has 0 saturated carbocycles. The summed E-state index contributed by atoms with van der Waals surface area (Å²) >= 11 is 0. The van der Waals surface area contributed by atoms with E-state index in [0.717, 1.165) is 66.2 Å². The molecule has 0 aromatic heterocycles. The van der Waals surface area contributed by atoms with Crippen molar-refractivity contribution in [3.05, 3.63) is 95.1 Å². The van der Waals surface area contributed by atoms with E-state index in [2.05, 4.69) is 17.1 Å². The fourth-order valence-corrected chi connectivity index (χ4v) is 5.77. The predicted molar refractivity (Wildman–Crippen MR) is 165 cm³/mol. The van der Waals surface area contributed by atoms with Gasteiger partial charge in [-0.15, -0.1) is 0 Å². The van der Waals surface area contributed by atoms with Gasteiger partial charge in [0.25, 0.3) is 5.91 Å². The van der Waals surface area contributed by atoms with Gasteiger partial charge in [0.05, 0.1) is 32.0 Å². The maximum atomic E-state index is 12.4. The monoisotopic (exact) mass is 602 g/mol. The van der Waals surface area contributed by atoms with Gasteiger partial charge in [-0.1, -0.05) is 79.7 Å². The van der Waals surface area contributed by atoms with Gasteiger partial charge in [-0.3, -0.25) is 14.5 Å². The summed E-state index contributed by atoms with van der Waals surface area (Å²) in [5, 5.41) is 12.4. The number of aliphatic hydroxyl groups is 1. The van der Waals surface area contributed by atoms with Gasteiger partial charge >= 0.3 is 5.97 Å². The second-order valence-electron chi connectivity index (χ2n) is 11.5. The Bertz CT molecular complexity index is 1390. The Morgan fingerprint density at radius 1 is 0.977 bits per heavy atom. The van der Waals surface area contributed by atoms with Crippen LogP contribution in [0.15, 0.2) is 72.8 Å². The number of nitrogens with zero attached hydrogens (tertiary/aromatic N) is 1. The number of hydrogen-bond acceptors (Lipinski definition) is 8. The fourth-order valence-electron chi connectivity index (χ4n) is 5.77. The maximum absolute atomic E-state index is 12.4. The number of aliphatic hydroxyl groups excluding tert-OH is 1. The minimum atomic E-state index is -0.860. The number of morpholine rings is 1. The first-order valence-electron chi connectivity index (χ1n) is 15.3. The van der Waals surface area contributed by atoms with Gasteiger partial charge in [-0.05, 0) is 34.7 Å². The van der Waals surface area contributed by atoms with Crippen LogP contribution in [0, 0.1) is 5.92 Å². The van der Waals surface area contributed by atoms with Crippen molar-refractivity contribution >= 4 is 11.9 Å². The number of rotatable bonds is 10. The third-order valence-corrected chi connectivity index (χ3v) is 8.34. The normalized spacial score (nSPS) is 23.1. The van der Waals surface area contributed by atoms with Crippen molar-refractivity contribution in [2.45, 2.75) is 58.5 Å². The van der Waals surface area contributed by atoms with Crippen LogP contribution in [-0.4, -0.2) is 66.9 Å². The van der Waals surface area contributed by atoms with E-state index in [-0.39, 0.29) is 30.6 Å². The molecule has 2 N–H and O–H groups in total. The Hall–Kier alpha value is -3.60. The smallest absolute Gasteiger partial charge is 0.303 e. The van der Waals surface area contributed by atoms with Crippen molar-refractivity contribution in [2.24, 2.45) is 5.92 Å². The molecule has 5 rings (SSSR count). The third kappa shape index (κ3) is 7.91. The van der Waals surface area contributed by atoms with E-state index in [1.165, 1.54) is 6.92 Å². The summed E-state index contributed by atoms with van der Waals surface area (Å²) in [4.78, 5) is 26.0. The van der Waals surface area contributed by atoms with E-state index in [0.29, 0.717) is 6.54 Å². The summed E-state index contributed by atoms with van der Waals surface area (Å²) in [6.07, 6.45) is -1.63. The van der Waals surface area contributed by atoms with Crippen LogP contribution in [0.25, 0.3) is 11.1 Å². The number of carbonyl (C=O) groups is 2. The van der Waals surface area contributed by atoms with Crippen LogP contribution in [0.5, 0.6) is 0 Å². The number of amides is 1. The highest BCUT2D eigenvalue weighted by Gasteiger charge is 2.39. The first-order valence-corrected chi connectivity index (χ1v) is 15.3. The highest BCUT2D eigenvalue weighted by Crippen LogP contribution is 2.42. The van der Waals surface area contributed by atoms with Crippen molar-refractivity contribution in [1.29, 1.82) is 0 Å². The van der Waals surface area contributed by atoms with Crippen molar-refractivity contribution in [3.8, 4) is 11.1 Å². The summed E-state index contributed by atoms with van der Waals surface area (Å²) in [5.41, 5.74) is 5.78. The topological polar surface area (TPSA) is 107 Å². The first-order chi connectivity index (χ1) is 21.3. The molecule has 0 spiro atoms. The zero-order valence-electron chi connectivity index (χ0n) is 25.6. The quantitative estimate of drug-likeness (QED) is 0.326. The molecule has 3 aromatic carbocycles. The van der Waals surface area contributed by atoms with E-state index in [4.69, 9.17) is 18.9 Å². The molecule has 0 aliphatic carbocycles. The molecule has 9 heteroatoms. The van der Waals surface area contributed by atoms with E-state index in [9.17, 15) is 14.7 Å². The molecular weight excluding hydrogens is 560 g/mol. The number of carbonyl (C=O) groups excluding carboxylic acids is 2. The van der Waals surface area contributed by atoms with Gasteiger partial charge in [-0.2, -0.15) is 0 Å². The lowest BCUT2D eigenvalue weighted by atomic mass is 9.90. The average Bonchev–Trinajstić information content (AvgIpc) is 3.05. The molecule has 2 heterocycles. The second kappa shape index (κ2) is 14.9. The fraction of sp³-hybridized carbons (Fsp3) is 0.429. The van der Waals surface area contributed by atoms with Crippen LogP contribution in [0.1, 0.15) is 55.4 Å². The summed E-state index contributed by atoms with van der Waals surface area (Å²) in [7, 11) is 0. The van der Waals surface area contributed by atoms with Gasteiger partial charge < -0.3 is 29.4 Å². The molecule has 44 heavy (non-hydrogen) atoms. The van der Waals surface area contributed by atoms with Gasteiger partial charge in [0.15, 0.2) is 12.4 Å². The van der Waals surface area contributed by atoms with Crippen LogP contribution in [0.3, 0.4) is 0 Å². The Kier molecular flexibility index (Phi) is 10.8. The van der Waals surface area contributed by atoms with Crippen molar-refractivity contribution < 1.29 is 33.6 Å².